The first-order valence-corrected chi connectivity index (χ1v) is 8.11. The van der Waals surface area contributed by atoms with Crippen LogP contribution in [0.4, 0.5) is 4.39 Å². The topological polar surface area (TPSA) is 48.7 Å². The maximum atomic E-state index is 13.7. The summed E-state index contributed by atoms with van der Waals surface area (Å²) in [6, 6.07) is 14.9. The fraction of sp³-hybridized carbons (Fsp3) is 0.0952. The molecule has 0 N–H and O–H groups in total. The molecule has 0 radical (unpaired) electrons. The summed E-state index contributed by atoms with van der Waals surface area (Å²) in [5.74, 6) is 1.87. The maximum absolute atomic E-state index is 13.7. The average molecular weight is 350 g/mol. The van der Waals surface area contributed by atoms with E-state index >= 15 is 0 Å². The summed E-state index contributed by atoms with van der Waals surface area (Å²) in [6.07, 6.45) is 1.56. The molecule has 0 unspecified atom stereocenters. The Morgan fingerprint density at radius 3 is 2.73 bits per heavy atom. The predicted octanol–water partition coefficient (Wildman–Crippen LogP) is 4.92. The van der Waals surface area contributed by atoms with Gasteiger partial charge in [0.2, 0.25) is 5.78 Å². The van der Waals surface area contributed by atoms with E-state index in [2.05, 4.69) is 0 Å². The maximum Gasteiger partial charge on any atom is 0.232 e. The number of halogens is 1. The molecule has 26 heavy (non-hydrogen) atoms. The number of fused-ring (bicyclic) bond motifs is 1. The third-order valence-electron chi connectivity index (χ3n) is 4.03. The molecule has 4 rings (SSSR count). The molecule has 3 aromatic rings. The van der Waals surface area contributed by atoms with Crippen molar-refractivity contribution in [2.75, 3.05) is 0 Å². The molecule has 0 aliphatic carbocycles. The van der Waals surface area contributed by atoms with E-state index in [0.717, 1.165) is 5.76 Å². The molecule has 1 aliphatic rings. The molecule has 0 amide bonds. The van der Waals surface area contributed by atoms with E-state index in [9.17, 15) is 9.18 Å². The molecule has 1 aromatic heterocycles. The zero-order valence-corrected chi connectivity index (χ0v) is 14.0. The van der Waals surface area contributed by atoms with Gasteiger partial charge in [-0.2, -0.15) is 0 Å². The Morgan fingerprint density at radius 2 is 1.96 bits per heavy atom. The van der Waals surface area contributed by atoms with Crippen LogP contribution in [0.15, 0.2) is 64.8 Å². The van der Waals surface area contributed by atoms with E-state index in [4.69, 9.17) is 13.9 Å². The van der Waals surface area contributed by atoms with Crippen LogP contribution in [0.3, 0.4) is 0 Å². The van der Waals surface area contributed by atoms with Gasteiger partial charge in [0.25, 0.3) is 0 Å². The second-order valence-electron chi connectivity index (χ2n) is 5.93. The van der Waals surface area contributed by atoms with Gasteiger partial charge in [0.1, 0.15) is 35.4 Å². The Labute approximate surface area is 149 Å². The molecule has 2 heterocycles. The summed E-state index contributed by atoms with van der Waals surface area (Å²) in [5, 5.41) is 0. The Kier molecular flexibility index (Phi) is 4.05. The molecule has 0 saturated heterocycles. The number of rotatable bonds is 4. The van der Waals surface area contributed by atoms with Gasteiger partial charge in [-0.1, -0.05) is 18.2 Å². The van der Waals surface area contributed by atoms with Crippen molar-refractivity contribution in [2.24, 2.45) is 0 Å². The Hall–Kier alpha value is -3.34. The van der Waals surface area contributed by atoms with Crippen molar-refractivity contribution < 1.29 is 23.1 Å². The highest BCUT2D eigenvalue weighted by Crippen LogP contribution is 2.35. The lowest BCUT2D eigenvalue weighted by Gasteiger charge is -2.08. The summed E-state index contributed by atoms with van der Waals surface area (Å²) in [6.45, 7) is 1.92. The van der Waals surface area contributed by atoms with E-state index in [1.165, 1.54) is 6.07 Å². The lowest BCUT2D eigenvalue weighted by molar-refractivity contribution is 0.101. The van der Waals surface area contributed by atoms with Crippen molar-refractivity contribution >= 4 is 11.9 Å². The normalized spacial score (nSPS) is 14.4. The number of carbonyl (C=O) groups excluding carboxylic acids is 1. The fourth-order valence-electron chi connectivity index (χ4n) is 2.69. The molecule has 2 aromatic carbocycles. The van der Waals surface area contributed by atoms with Crippen molar-refractivity contribution in [3.63, 3.8) is 0 Å². The van der Waals surface area contributed by atoms with Crippen LogP contribution in [-0.2, 0) is 6.61 Å². The van der Waals surface area contributed by atoms with E-state index in [-0.39, 0.29) is 24.0 Å². The van der Waals surface area contributed by atoms with Gasteiger partial charge >= 0.3 is 0 Å². The smallest absolute Gasteiger partial charge is 0.232 e. The third kappa shape index (κ3) is 3.11. The van der Waals surface area contributed by atoms with Gasteiger partial charge in [-0.3, -0.25) is 4.79 Å². The minimum atomic E-state index is -0.320. The first kappa shape index (κ1) is 16.1. The van der Waals surface area contributed by atoms with E-state index in [1.807, 2.05) is 13.0 Å². The highest BCUT2D eigenvalue weighted by molar-refractivity contribution is 6.14. The zero-order chi connectivity index (χ0) is 18.1. The van der Waals surface area contributed by atoms with Gasteiger partial charge in [0, 0.05) is 17.7 Å². The van der Waals surface area contributed by atoms with Crippen molar-refractivity contribution in [2.45, 2.75) is 13.5 Å². The van der Waals surface area contributed by atoms with Gasteiger partial charge < -0.3 is 13.9 Å². The number of ether oxygens (including phenoxy) is 2. The number of Topliss-reactive ketones (excluding diaryl/α,β-unsaturated/α-hetero) is 1. The minimum Gasteiger partial charge on any atom is -0.489 e. The summed E-state index contributed by atoms with van der Waals surface area (Å²) in [5.41, 5.74) is 0.913. The summed E-state index contributed by atoms with van der Waals surface area (Å²) >= 11 is 0. The molecule has 4 nitrogen and oxygen atoms in total. The summed E-state index contributed by atoms with van der Waals surface area (Å²) in [7, 11) is 0. The molecule has 0 spiro atoms. The van der Waals surface area contributed by atoms with E-state index < -0.39 is 0 Å². The van der Waals surface area contributed by atoms with Crippen LogP contribution in [0.25, 0.3) is 6.08 Å². The highest BCUT2D eigenvalue weighted by atomic mass is 19.1. The monoisotopic (exact) mass is 350 g/mol. The number of furan rings is 1. The van der Waals surface area contributed by atoms with Crippen molar-refractivity contribution in [3.8, 4) is 11.5 Å². The van der Waals surface area contributed by atoms with Gasteiger partial charge in [0.05, 0.1) is 5.56 Å². The first-order chi connectivity index (χ1) is 12.6. The second kappa shape index (κ2) is 6.52. The van der Waals surface area contributed by atoms with Crippen LogP contribution in [0.2, 0.25) is 0 Å². The zero-order valence-electron chi connectivity index (χ0n) is 14.0. The summed E-state index contributed by atoms with van der Waals surface area (Å²) in [4.78, 5) is 12.4. The minimum absolute atomic E-state index is 0.0910. The molecular weight excluding hydrogens is 335 g/mol. The number of benzene rings is 2. The lowest BCUT2D eigenvalue weighted by Crippen LogP contribution is -1.98. The van der Waals surface area contributed by atoms with Gasteiger partial charge in [-0.05, 0) is 37.3 Å². The molecule has 0 saturated carbocycles. The van der Waals surface area contributed by atoms with Gasteiger partial charge in [0.15, 0.2) is 5.76 Å². The largest absolute Gasteiger partial charge is 0.489 e. The van der Waals surface area contributed by atoms with Crippen molar-refractivity contribution in [1.29, 1.82) is 0 Å². The van der Waals surface area contributed by atoms with Crippen LogP contribution in [0.5, 0.6) is 11.5 Å². The lowest BCUT2D eigenvalue weighted by atomic mass is 10.1. The Morgan fingerprint density at radius 1 is 1.12 bits per heavy atom. The Bertz CT molecular complexity index is 1020. The fourth-order valence-corrected chi connectivity index (χ4v) is 2.69. The van der Waals surface area contributed by atoms with E-state index in [1.54, 1.807) is 48.5 Å². The highest BCUT2D eigenvalue weighted by Gasteiger charge is 2.28. The first-order valence-electron chi connectivity index (χ1n) is 8.11. The van der Waals surface area contributed by atoms with Crippen LogP contribution >= 0.6 is 0 Å². The van der Waals surface area contributed by atoms with Crippen LogP contribution in [0, 0.1) is 12.7 Å². The summed E-state index contributed by atoms with van der Waals surface area (Å²) < 4.78 is 30.4. The average Bonchev–Trinajstić information content (AvgIpc) is 3.18. The molecular formula is C21H15FO4. The van der Waals surface area contributed by atoms with E-state index in [0.29, 0.717) is 28.4 Å². The van der Waals surface area contributed by atoms with Crippen molar-refractivity contribution in [3.05, 3.63) is 88.8 Å². The molecule has 1 aliphatic heterocycles. The van der Waals surface area contributed by atoms with Crippen molar-refractivity contribution in [1.82, 2.24) is 0 Å². The quantitative estimate of drug-likeness (QED) is 0.627. The number of carbonyl (C=O) groups is 1. The van der Waals surface area contributed by atoms with Gasteiger partial charge in [-0.25, -0.2) is 4.39 Å². The molecule has 0 atom stereocenters. The SMILES string of the molecule is Cc1ccc(/C=C2/Oc3cc(OCc4ccccc4F)ccc3C2=O)o1. The van der Waals surface area contributed by atoms with Gasteiger partial charge in [-0.15, -0.1) is 0 Å². The van der Waals surface area contributed by atoms with Crippen LogP contribution in [0.1, 0.15) is 27.4 Å². The third-order valence-corrected chi connectivity index (χ3v) is 4.03. The number of ketones is 1. The molecule has 0 fully saturated rings. The molecule has 5 heteroatoms. The predicted molar refractivity (Wildman–Crippen MR) is 93.6 cm³/mol. The van der Waals surface area contributed by atoms with Crippen LogP contribution in [-0.4, -0.2) is 5.78 Å². The second-order valence-corrected chi connectivity index (χ2v) is 5.93. The number of hydrogen-bond donors (Lipinski definition) is 0. The Balaban J connectivity index is 1.52. The molecule has 130 valence electrons. The van der Waals surface area contributed by atoms with Crippen LogP contribution < -0.4 is 9.47 Å². The number of aryl methyl sites for hydroxylation is 1. The standard InChI is InChI=1S/C21H15FO4/c1-13-6-7-16(25-13)11-20-21(23)17-9-8-15(10-19(17)26-20)24-12-14-4-2-3-5-18(14)22/h2-11H,12H2,1H3/b20-11+. The molecule has 0 bridgehead atoms. The number of hydrogen-bond acceptors (Lipinski definition) is 4. The number of allylic oxidation sites excluding steroid dienone is 1.